The fraction of sp³-hybridized carbons (Fsp3) is 0.353. The number of likely N-dealkylation sites (N-methyl/N-ethyl adjacent to an activating group) is 1. The molecule has 0 saturated carbocycles. The molecule has 0 spiro atoms. The van der Waals surface area contributed by atoms with Crippen LogP contribution in [0.2, 0.25) is 0 Å². The van der Waals surface area contributed by atoms with E-state index in [2.05, 4.69) is 15.7 Å². The third-order valence-corrected chi connectivity index (χ3v) is 4.11. The number of nitrogens with zero attached hydrogens (tertiary/aromatic N) is 3. The first kappa shape index (κ1) is 16.2. The van der Waals surface area contributed by atoms with Crippen molar-refractivity contribution in [2.75, 3.05) is 23.8 Å². The van der Waals surface area contributed by atoms with Crippen LogP contribution in [0.25, 0.3) is 0 Å². The van der Waals surface area contributed by atoms with Crippen LogP contribution in [0.5, 0.6) is 0 Å². The molecule has 0 aliphatic carbocycles. The van der Waals surface area contributed by atoms with E-state index in [4.69, 9.17) is 0 Å². The molecule has 0 bridgehead atoms. The molecule has 1 atom stereocenters. The number of hydrogen-bond acceptors (Lipinski definition) is 4. The van der Waals surface area contributed by atoms with Crippen LogP contribution in [0.1, 0.15) is 24.4 Å². The number of hydrogen-bond donors (Lipinski definition) is 2. The molecule has 1 unspecified atom stereocenters. The van der Waals surface area contributed by atoms with Crippen LogP contribution in [0.15, 0.2) is 36.7 Å². The number of carbonyl (C=O) groups is 2. The van der Waals surface area contributed by atoms with Gasteiger partial charge >= 0.3 is 0 Å². The predicted octanol–water partition coefficient (Wildman–Crippen LogP) is 1.45. The summed E-state index contributed by atoms with van der Waals surface area (Å²) >= 11 is 0. The van der Waals surface area contributed by atoms with Gasteiger partial charge in [-0.05, 0) is 31.7 Å². The third-order valence-electron chi connectivity index (χ3n) is 4.11. The Morgan fingerprint density at radius 3 is 2.83 bits per heavy atom. The lowest BCUT2D eigenvalue weighted by Gasteiger charge is -2.18. The molecule has 3 rings (SSSR count). The first-order valence-electron chi connectivity index (χ1n) is 7.95. The largest absolute Gasteiger partial charge is 0.324 e. The van der Waals surface area contributed by atoms with Gasteiger partial charge < -0.3 is 15.5 Å². The second-order valence-corrected chi connectivity index (χ2v) is 5.86. The Labute approximate surface area is 140 Å². The van der Waals surface area contributed by atoms with Gasteiger partial charge in [-0.1, -0.05) is 6.07 Å². The maximum atomic E-state index is 12.6. The number of amides is 2. The molecule has 1 fully saturated rings. The summed E-state index contributed by atoms with van der Waals surface area (Å²) in [5.74, 6) is -0.0441. The molecule has 2 heterocycles. The van der Waals surface area contributed by atoms with Crippen LogP contribution in [0.3, 0.4) is 0 Å². The fourth-order valence-corrected chi connectivity index (χ4v) is 2.93. The van der Waals surface area contributed by atoms with Gasteiger partial charge in [0.1, 0.15) is 6.04 Å². The maximum absolute atomic E-state index is 12.6. The standard InChI is InChI=1S/C17H21N5O2/c1-18-16(12-10-19-21(2)11-12)17(24)20-13-5-3-6-14(9-13)22-8-4-7-15(22)23/h3,5-6,9-11,16,18H,4,7-8H2,1-2H3,(H,20,24). The number of aryl methyl sites for hydroxylation is 1. The van der Waals surface area contributed by atoms with Gasteiger partial charge in [0.25, 0.3) is 0 Å². The van der Waals surface area contributed by atoms with E-state index in [1.807, 2.05) is 31.3 Å². The molecule has 1 aromatic carbocycles. The van der Waals surface area contributed by atoms with Crippen molar-refractivity contribution in [2.45, 2.75) is 18.9 Å². The van der Waals surface area contributed by atoms with Gasteiger partial charge in [0, 0.05) is 43.1 Å². The number of aromatic nitrogens is 2. The average molecular weight is 327 g/mol. The van der Waals surface area contributed by atoms with Crippen molar-refractivity contribution in [2.24, 2.45) is 7.05 Å². The first-order valence-corrected chi connectivity index (χ1v) is 7.95. The molecule has 2 N–H and O–H groups in total. The zero-order valence-corrected chi connectivity index (χ0v) is 13.8. The Morgan fingerprint density at radius 1 is 1.38 bits per heavy atom. The zero-order valence-electron chi connectivity index (χ0n) is 13.8. The van der Waals surface area contributed by atoms with E-state index in [1.165, 1.54) is 0 Å². The molecule has 2 aromatic rings. The van der Waals surface area contributed by atoms with E-state index in [9.17, 15) is 9.59 Å². The van der Waals surface area contributed by atoms with Crippen molar-refractivity contribution in [3.05, 3.63) is 42.2 Å². The molecule has 1 aliphatic rings. The maximum Gasteiger partial charge on any atom is 0.246 e. The van der Waals surface area contributed by atoms with E-state index < -0.39 is 6.04 Å². The van der Waals surface area contributed by atoms with Gasteiger partial charge in [-0.25, -0.2) is 0 Å². The molecule has 1 aromatic heterocycles. The van der Waals surface area contributed by atoms with Crippen molar-refractivity contribution in [1.82, 2.24) is 15.1 Å². The Balaban J connectivity index is 1.75. The minimum atomic E-state index is -0.490. The van der Waals surface area contributed by atoms with Crippen molar-refractivity contribution < 1.29 is 9.59 Å². The lowest BCUT2D eigenvalue weighted by molar-refractivity contribution is -0.118. The first-order chi connectivity index (χ1) is 11.6. The number of nitrogens with one attached hydrogen (secondary N) is 2. The van der Waals surface area contributed by atoms with Gasteiger partial charge in [0.2, 0.25) is 11.8 Å². The molecule has 1 saturated heterocycles. The average Bonchev–Trinajstić information content (AvgIpc) is 3.17. The van der Waals surface area contributed by atoms with E-state index in [0.717, 1.165) is 24.2 Å². The minimum absolute atomic E-state index is 0.127. The van der Waals surface area contributed by atoms with Gasteiger partial charge in [-0.3, -0.25) is 14.3 Å². The van der Waals surface area contributed by atoms with Crippen LogP contribution >= 0.6 is 0 Å². The molecular formula is C17H21N5O2. The second kappa shape index (κ2) is 6.84. The van der Waals surface area contributed by atoms with Crippen LogP contribution in [0.4, 0.5) is 11.4 Å². The summed E-state index contributed by atoms with van der Waals surface area (Å²) in [6.07, 6.45) is 4.93. The molecule has 126 valence electrons. The fourth-order valence-electron chi connectivity index (χ4n) is 2.93. The van der Waals surface area contributed by atoms with Crippen LogP contribution < -0.4 is 15.5 Å². The van der Waals surface area contributed by atoms with Gasteiger partial charge in [-0.2, -0.15) is 5.10 Å². The number of rotatable bonds is 5. The Bertz CT molecular complexity index is 755. The van der Waals surface area contributed by atoms with Gasteiger partial charge in [-0.15, -0.1) is 0 Å². The lowest BCUT2D eigenvalue weighted by atomic mass is 10.1. The monoisotopic (exact) mass is 327 g/mol. The van der Waals surface area contributed by atoms with E-state index in [-0.39, 0.29) is 11.8 Å². The highest BCUT2D eigenvalue weighted by molar-refractivity contribution is 5.98. The number of anilines is 2. The summed E-state index contributed by atoms with van der Waals surface area (Å²) in [6, 6.07) is 6.88. The molecule has 7 nitrogen and oxygen atoms in total. The second-order valence-electron chi connectivity index (χ2n) is 5.86. The van der Waals surface area contributed by atoms with Gasteiger partial charge in [0.05, 0.1) is 6.20 Å². The molecule has 24 heavy (non-hydrogen) atoms. The summed E-state index contributed by atoms with van der Waals surface area (Å²) in [7, 11) is 3.54. The van der Waals surface area contributed by atoms with Crippen LogP contribution in [-0.4, -0.2) is 35.2 Å². The van der Waals surface area contributed by atoms with Crippen molar-refractivity contribution >= 4 is 23.2 Å². The molecular weight excluding hydrogens is 306 g/mol. The van der Waals surface area contributed by atoms with Crippen molar-refractivity contribution in [1.29, 1.82) is 0 Å². The quantitative estimate of drug-likeness (QED) is 0.871. The SMILES string of the molecule is CNC(C(=O)Nc1cccc(N2CCCC2=O)c1)c1cnn(C)c1. The van der Waals surface area contributed by atoms with Crippen LogP contribution in [0, 0.1) is 0 Å². The smallest absolute Gasteiger partial charge is 0.246 e. The Morgan fingerprint density at radius 2 is 2.21 bits per heavy atom. The highest BCUT2D eigenvalue weighted by Gasteiger charge is 2.23. The minimum Gasteiger partial charge on any atom is -0.324 e. The highest BCUT2D eigenvalue weighted by atomic mass is 16.2. The molecule has 1 aliphatic heterocycles. The number of carbonyl (C=O) groups excluding carboxylic acids is 2. The Hall–Kier alpha value is -2.67. The van der Waals surface area contributed by atoms with E-state index >= 15 is 0 Å². The topological polar surface area (TPSA) is 79.3 Å². The zero-order chi connectivity index (χ0) is 17.1. The summed E-state index contributed by atoms with van der Waals surface area (Å²) in [5, 5.41) is 10.0. The lowest BCUT2D eigenvalue weighted by Crippen LogP contribution is -2.30. The highest BCUT2D eigenvalue weighted by Crippen LogP contribution is 2.25. The molecule has 7 heteroatoms. The molecule has 0 radical (unpaired) electrons. The van der Waals surface area contributed by atoms with Crippen LogP contribution in [-0.2, 0) is 16.6 Å². The normalized spacial score (nSPS) is 15.6. The van der Waals surface area contributed by atoms with Crippen molar-refractivity contribution in [3.63, 3.8) is 0 Å². The van der Waals surface area contributed by atoms with Crippen molar-refractivity contribution in [3.8, 4) is 0 Å². The van der Waals surface area contributed by atoms with Gasteiger partial charge in [0.15, 0.2) is 0 Å². The predicted molar refractivity (Wildman–Crippen MR) is 91.7 cm³/mol. The summed E-state index contributed by atoms with van der Waals surface area (Å²) in [4.78, 5) is 26.2. The Kier molecular flexibility index (Phi) is 4.61. The summed E-state index contributed by atoms with van der Waals surface area (Å²) in [5.41, 5.74) is 2.28. The third kappa shape index (κ3) is 3.30. The van der Waals surface area contributed by atoms with E-state index in [0.29, 0.717) is 12.1 Å². The summed E-state index contributed by atoms with van der Waals surface area (Å²) in [6.45, 7) is 0.727. The number of benzene rings is 1. The molecule has 2 amide bonds. The summed E-state index contributed by atoms with van der Waals surface area (Å²) < 4.78 is 1.66. The van der Waals surface area contributed by atoms with E-state index in [1.54, 1.807) is 29.0 Å².